The first-order chi connectivity index (χ1) is 8.38. The SMILES string of the molecule is NCc1nnc(-c2cccc3ncccc23)s1. The molecule has 2 N–H and O–H groups in total. The third-order valence-electron chi connectivity index (χ3n) is 2.52. The zero-order valence-corrected chi connectivity index (χ0v) is 9.81. The molecule has 3 rings (SSSR count). The van der Waals surface area contributed by atoms with E-state index in [2.05, 4.69) is 15.2 Å². The van der Waals surface area contributed by atoms with Gasteiger partial charge in [-0.1, -0.05) is 29.5 Å². The molecule has 0 saturated carbocycles. The Labute approximate surface area is 102 Å². The van der Waals surface area contributed by atoms with Crippen molar-refractivity contribution >= 4 is 22.2 Å². The Hall–Kier alpha value is -1.85. The molecule has 0 unspecified atom stereocenters. The highest BCUT2D eigenvalue weighted by molar-refractivity contribution is 7.14. The van der Waals surface area contributed by atoms with E-state index in [0.29, 0.717) is 6.54 Å². The van der Waals surface area contributed by atoms with Gasteiger partial charge in [0.15, 0.2) is 0 Å². The minimum Gasteiger partial charge on any atom is -0.324 e. The van der Waals surface area contributed by atoms with Crippen molar-refractivity contribution in [3.63, 3.8) is 0 Å². The van der Waals surface area contributed by atoms with Crippen molar-refractivity contribution in [1.29, 1.82) is 0 Å². The highest BCUT2D eigenvalue weighted by Crippen LogP contribution is 2.29. The van der Waals surface area contributed by atoms with Crippen LogP contribution in [-0.2, 0) is 6.54 Å². The minimum absolute atomic E-state index is 0.431. The fraction of sp³-hybridized carbons (Fsp3) is 0.0833. The summed E-state index contributed by atoms with van der Waals surface area (Å²) < 4.78 is 0. The van der Waals surface area contributed by atoms with E-state index in [1.54, 1.807) is 6.20 Å². The van der Waals surface area contributed by atoms with Crippen LogP contribution in [0.15, 0.2) is 36.5 Å². The number of pyridine rings is 1. The van der Waals surface area contributed by atoms with E-state index in [1.807, 2.05) is 30.3 Å². The van der Waals surface area contributed by atoms with Gasteiger partial charge in [0.2, 0.25) is 0 Å². The molecular weight excluding hydrogens is 232 g/mol. The van der Waals surface area contributed by atoms with E-state index < -0.39 is 0 Å². The maximum absolute atomic E-state index is 5.55. The standard InChI is InChI=1S/C12H10N4S/c13-7-11-15-16-12(17-11)9-3-1-5-10-8(9)4-2-6-14-10/h1-6H,7,13H2. The number of nitrogens with zero attached hydrogens (tertiary/aromatic N) is 3. The molecule has 0 fully saturated rings. The number of nitrogens with two attached hydrogens (primary N) is 1. The monoisotopic (exact) mass is 242 g/mol. The van der Waals surface area contributed by atoms with Gasteiger partial charge in [-0.05, 0) is 12.1 Å². The van der Waals surface area contributed by atoms with E-state index >= 15 is 0 Å². The predicted molar refractivity (Wildman–Crippen MR) is 68.5 cm³/mol. The largest absolute Gasteiger partial charge is 0.324 e. The fourth-order valence-corrected chi connectivity index (χ4v) is 2.49. The first-order valence-electron chi connectivity index (χ1n) is 5.25. The topological polar surface area (TPSA) is 64.7 Å². The van der Waals surface area contributed by atoms with Crippen LogP contribution in [0.2, 0.25) is 0 Å². The normalized spacial score (nSPS) is 10.9. The maximum Gasteiger partial charge on any atom is 0.148 e. The van der Waals surface area contributed by atoms with E-state index in [0.717, 1.165) is 26.5 Å². The quantitative estimate of drug-likeness (QED) is 0.748. The highest BCUT2D eigenvalue weighted by Gasteiger charge is 2.09. The molecule has 0 saturated heterocycles. The smallest absolute Gasteiger partial charge is 0.148 e. The lowest BCUT2D eigenvalue weighted by atomic mass is 10.1. The molecular formula is C12H10N4S. The number of fused-ring (bicyclic) bond motifs is 1. The summed E-state index contributed by atoms with van der Waals surface area (Å²) >= 11 is 1.53. The van der Waals surface area contributed by atoms with E-state index in [9.17, 15) is 0 Å². The van der Waals surface area contributed by atoms with Crippen LogP contribution in [0.5, 0.6) is 0 Å². The summed E-state index contributed by atoms with van der Waals surface area (Å²) in [6.07, 6.45) is 1.79. The van der Waals surface area contributed by atoms with Crippen LogP contribution in [0.1, 0.15) is 5.01 Å². The van der Waals surface area contributed by atoms with E-state index in [1.165, 1.54) is 11.3 Å². The Morgan fingerprint density at radius 2 is 2.06 bits per heavy atom. The molecule has 84 valence electrons. The van der Waals surface area contributed by atoms with Crippen LogP contribution in [-0.4, -0.2) is 15.2 Å². The molecule has 3 aromatic rings. The van der Waals surface area contributed by atoms with Gasteiger partial charge in [-0.25, -0.2) is 0 Å². The average molecular weight is 242 g/mol. The van der Waals surface area contributed by atoms with Gasteiger partial charge in [0, 0.05) is 23.7 Å². The van der Waals surface area contributed by atoms with Crippen LogP contribution in [0.4, 0.5) is 0 Å². The molecule has 0 atom stereocenters. The minimum atomic E-state index is 0.431. The average Bonchev–Trinajstić information content (AvgIpc) is 2.87. The third-order valence-corrected chi connectivity index (χ3v) is 3.50. The fourth-order valence-electron chi connectivity index (χ4n) is 1.73. The van der Waals surface area contributed by atoms with Crippen molar-refractivity contribution in [3.8, 4) is 10.6 Å². The predicted octanol–water partition coefficient (Wildman–Crippen LogP) is 2.21. The second kappa shape index (κ2) is 4.20. The molecule has 17 heavy (non-hydrogen) atoms. The third kappa shape index (κ3) is 1.79. The summed E-state index contributed by atoms with van der Waals surface area (Å²) in [5.74, 6) is 0. The van der Waals surface area contributed by atoms with Crippen LogP contribution >= 0.6 is 11.3 Å². The molecule has 5 heteroatoms. The van der Waals surface area contributed by atoms with Crippen molar-refractivity contribution in [2.24, 2.45) is 5.73 Å². The van der Waals surface area contributed by atoms with Gasteiger partial charge in [0.25, 0.3) is 0 Å². The van der Waals surface area contributed by atoms with Gasteiger partial charge in [-0.2, -0.15) is 0 Å². The summed E-state index contributed by atoms with van der Waals surface area (Å²) in [6.45, 7) is 0.431. The van der Waals surface area contributed by atoms with E-state index in [4.69, 9.17) is 5.73 Å². The van der Waals surface area contributed by atoms with Gasteiger partial charge < -0.3 is 5.73 Å². The lowest BCUT2D eigenvalue weighted by molar-refractivity contribution is 0.960. The molecule has 4 nitrogen and oxygen atoms in total. The molecule has 0 aliphatic rings. The zero-order valence-electron chi connectivity index (χ0n) is 9.00. The summed E-state index contributed by atoms with van der Waals surface area (Å²) in [7, 11) is 0. The van der Waals surface area contributed by atoms with Crippen LogP contribution in [0.25, 0.3) is 21.5 Å². The number of hydrogen-bond donors (Lipinski definition) is 1. The molecule has 0 radical (unpaired) electrons. The highest BCUT2D eigenvalue weighted by atomic mass is 32.1. The maximum atomic E-state index is 5.55. The molecule has 2 heterocycles. The van der Waals surface area contributed by atoms with Crippen molar-refractivity contribution in [2.75, 3.05) is 0 Å². The zero-order chi connectivity index (χ0) is 11.7. The molecule has 0 aliphatic carbocycles. The Balaban J connectivity index is 2.23. The van der Waals surface area contributed by atoms with E-state index in [-0.39, 0.29) is 0 Å². The summed E-state index contributed by atoms with van der Waals surface area (Å²) in [5.41, 5.74) is 7.58. The molecule has 0 amide bonds. The molecule has 0 spiro atoms. The van der Waals surface area contributed by atoms with Crippen molar-refractivity contribution < 1.29 is 0 Å². The van der Waals surface area contributed by atoms with Crippen LogP contribution in [0.3, 0.4) is 0 Å². The number of benzene rings is 1. The Kier molecular flexibility index (Phi) is 2.55. The Morgan fingerprint density at radius 1 is 1.12 bits per heavy atom. The summed E-state index contributed by atoms with van der Waals surface area (Å²) in [4.78, 5) is 4.33. The summed E-state index contributed by atoms with van der Waals surface area (Å²) in [6, 6.07) is 9.97. The Bertz CT molecular complexity index is 657. The first-order valence-corrected chi connectivity index (χ1v) is 6.06. The summed E-state index contributed by atoms with van der Waals surface area (Å²) in [5, 5.41) is 11.0. The van der Waals surface area contributed by atoms with Crippen LogP contribution in [0, 0.1) is 0 Å². The second-order valence-electron chi connectivity index (χ2n) is 3.58. The second-order valence-corrected chi connectivity index (χ2v) is 4.64. The lowest BCUT2D eigenvalue weighted by Gasteiger charge is -2.01. The van der Waals surface area contributed by atoms with Gasteiger partial charge in [-0.15, -0.1) is 10.2 Å². The first kappa shape index (κ1) is 10.3. The van der Waals surface area contributed by atoms with Crippen molar-refractivity contribution in [2.45, 2.75) is 6.54 Å². The number of hydrogen-bond acceptors (Lipinski definition) is 5. The van der Waals surface area contributed by atoms with Gasteiger partial charge in [0.05, 0.1) is 5.52 Å². The van der Waals surface area contributed by atoms with Gasteiger partial charge >= 0.3 is 0 Å². The van der Waals surface area contributed by atoms with Crippen molar-refractivity contribution in [3.05, 3.63) is 41.5 Å². The van der Waals surface area contributed by atoms with Crippen LogP contribution < -0.4 is 5.73 Å². The molecule has 1 aromatic carbocycles. The Morgan fingerprint density at radius 3 is 2.88 bits per heavy atom. The number of aromatic nitrogens is 3. The van der Waals surface area contributed by atoms with Crippen molar-refractivity contribution in [1.82, 2.24) is 15.2 Å². The molecule has 2 aromatic heterocycles. The lowest BCUT2D eigenvalue weighted by Crippen LogP contribution is -1.94. The molecule has 0 aliphatic heterocycles. The van der Waals surface area contributed by atoms with Gasteiger partial charge in [-0.3, -0.25) is 4.98 Å². The number of rotatable bonds is 2. The molecule has 0 bridgehead atoms. The van der Waals surface area contributed by atoms with Gasteiger partial charge in [0.1, 0.15) is 10.0 Å².